The van der Waals surface area contributed by atoms with Crippen LogP contribution in [0.5, 0.6) is 5.88 Å². The van der Waals surface area contributed by atoms with Gasteiger partial charge in [0.2, 0.25) is 5.88 Å². The average molecular weight is 263 g/mol. The van der Waals surface area contributed by atoms with Gasteiger partial charge in [-0.15, -0.1) is 0 Å². The van der Waals surface area contributed by atoms with Gasteiger partial charge in [-0.05, 0) is 27.7 Å². The molecule has 6 nitrogen and oxygen atoms in total. The fourth-order valence-corrected chi connectivity index (χ4v) is 1.69. The summed E-state index contributed by atoms with van der Waals surface area (Å²) in [5.74, 6) is -0.250. The number of carbonyl (C=O) groups excluding carboxylic acids is 1. The molecule has 1 aromatic rings. The van der Waals surface area contributed by atoms with Crippen LogP contribution in [0.15, 0.2) is 6.33 Å². The lowest BCUT2D eigenvalue weighted by Crippen LogP contribution is -2.35. The summed E-state index contributed by atoms with van der Waals surface area (Å²) in [5, 5.41) is 9.33. The first kappa shape index (κ1) is 14.9. The second kappa shape index (κ2) is 6.14. The first-order chi connectivity index (χ1) is 9.01. The summed E-state index contributed by atoms with van der Waals surface area (Å²) in [6, 6.07) is 1.97. The minimum absolute atomic E-state index is 0.207. The smallest absolute Gasteiger partial charge is 0.332 e. The molecule has 0 saturated heterocycles. The normalized spacial score (nSPS) is 13.2. The number of nitriles is 1. The van der Waals surface area contributed by atoms with E-state index in [4.69, 9.17) is 9.47 Å². The van der Waals surface area contributed by atoms with Crippen LogP contribution in [0.1, 0.15) is 32.0 Å². The van der Waals surface area contributed by atoms with Gasteiger partial charge in [0.1, 0.15) is 6.33 Å². The van der Waals surface area contributed by atoms with Crippen LogP contribution in [0.3, 0.4) is 0 Å². The Labute approximate surface area is 112 Å². The first-order valence-corrected chi connectivity index (χ1v) is 6.04. The Morgan fingerprint density at radius 3 is 2.63 bits per heavy atom. The van der Waals surface area contributed by atoms with E-state index >= 15 is 0 Å². The summed E-state index contributed by atoms with van der Waals surface area (Å²) in [6.45, 7) is 7.37. The van der Waals surface area contributed by atoms with Crippen molar-refractivity contribution in [2.75, 3.05) is 13.2 Å². The fourth-order valence-electron chi connectivity index (χ4n) is 1.69. The molecule has 0 aliphatic carbocycles. The Balaban J connectivity index is 3.30. The van der Waals surface area contributed by atoms with Crippen molar-refractivity contribution in [2.24, 2.45) is 0 Å². The van der Waals surface area contributed by atoms with Crippen molar-refractivity contribution in [1.29, 1.82) is 5.26 Å². The summed E-state index contributed by atoms with van der Waals surface area (Å²) in [5.41, 5.74) is -0.581. The molecule has 6 heteroatoms. The predicted octanol–water partition coefficient (Wildman–Crippen LogP) is 1.53. The van der Waals surface area contributed by atoms with Gasteiger partial charge in [-0.2, -0.15) is 5.26 Å². The lowest BCUT2D eigenvalue weighted by Gasteiger charge is -2.21. The summed E-state index contributed by atoms with van der Waals surface area (Å²) in [6.07, 6.45) is 1.28. The summed E-state index contributed by atoms with van der Waals surface area (Å²) in [4.78, 5) is 20.0. The highest BCUT2D eigenvalue weighted by Crippen LogP contribution is 2.29. The number of hydrogen-bond donors (Lipinski definition) is 0. The highest BCUT2D eigenvalue weighted by molar-refractivity contribution is 5.86. The zero-order chi connectivity index (χ0) is 14.5. The van der Waals surface area contributed by atoms with Crippen LogP contribution < -0.4 is 4.74 Å². The Bertz CT molecular complexity index is 510. The zero-order valence-corrected chi connectivity index (χ0v) is 11.6. The van der Waals surface area contributed by atoms with Gasteiger partial charge < -0.3 is 9.47 Å². The summed E-state index contributed by atoms with van der Waals surface area (Å²) >= 11 is 0. The number of nitrogens with zero attached hydrogens (tertiary/aromatic N) is 3. The maximum atomic E-state index is 12.0. The Morgan fingerprint density at radius 2 is 2.11 bits per heavy atom. The van der Waals surface area contributed by atoms with E-state index in [0.29, 0.717) is 23.7 Å². The molecule has 1 unspecified atom stereocenters. The van der Waals surface area contributed by atoms with Gasteiger partial charge in [-0.1, -0.05) is 0 Å². The number of ether oxygens (including phenoxy) is 2. The Kier molecular flexibility index (Phi) is 4.81. The summed E-state index contributed by atoms with van der Waals surface area (Å²) in [7, 11) is 0. The highest BCUT2D eigenvalue weighted by atomic mass is 16.5. The molecule has 1 rings (SSSR count). The molecule has 1 aromatic heterocycles. The lowest BCUT2D eigenvalue weighted by atomic mass is 9.86. The highest BCUT2D eigenvalue weighted by Gasteiger charge is 2.40. The molecule has 0 aliphatic heterocycles. The Hall–Kier alpha value is -2.16. The average Bonchev–Trinajstić information content (AvgIpc) is 2.40. The topological polar surface area (TPSA) is 85.1 Å². The third kappa shape index (κ3) is 2.81. The molecule has 0 N–H and O–H groups in total. The molecule has 1 atom stereocenters. The van der Waals surface area contributed by atoms with E-state index in [-0.39, 0.29) is 6.61 Å². The Morgan fingerprint density at radius 1 is 1.42 bits per heavy atom. The van der Waals surface area contributed by atoms with Crippen molar-refractivity contribution in [3.8, 4) is 11.9 Å². The van der Waals surface area contributed by atoms with E-state index in [0.717, 1.165) is 0 Å². The third-order valence-corrected chi connectivity index (χ3v) is 2.70. The van der Waals surface area contributed by atoms with Crippen LogP contribution >= 0.6 is 0 Å². The van der Waals surface area contributed by atoms with Crippen molar-refractivity contribution >= 4 is 5.97 Å². The number of hydrogen-bond acceptors (Lipinski definition) is 6. The number of aromatic nitrogens is 2. The van der Waals surface area contributed by atoms with Crippen LogP contribution in [0, 0.1) is 18.3 Å². The molecule has 0 bridgehead atoms. The van der Waals surface area contributed by atoms with Gasteiger partial charge >= 0.3 is 5.97 Å². The van der Waals surface area contributed by atoms with E-state index in [1.54, 1.807) is 13.8 Å². The van der Waals surface area contributed by atoms with E-state index in [2.05, 4.69) is 9.97 Å². The van der Waals surface area contributed by atoms with E-state index in [1.165, 1.54) is 13.3 Å². The molecule has 102 valence electrons. The monoisotopic (exact) mass is 263 g/mol. The predicted molar refractivity (Wildman–Crippen MR) is 67.5 cm³/mol. The van der Waals surface area contributed by atoms with Gasteiger partial charge in [-0.25, -0.2) is 14.8 Å². The van der Waals surface area contributed by atoms with Crippen LogP contribution in [-0.2, 0) is 14.9 Å². The summed E-state index contributed by atoms with van der Waals surface area (Å²) < 4.78 is 10.3. The van der Waals surface area contributed by atoms with Crippen molar-refractivity contribution in [3.63, 3.8) is 0 Å². The van der Waals surface area contributed by atoms with Gasteiger partial charge in [0, 0.05) is 5.56 Å². The van der Waals surface area contributed by atoms with E-state index in [9.17, 15) is 10.1 Å². The van der Waals surface area contributed by atoms with E-state index < -0.39 is 11.4 Å². The number of rotatable bonds is 5. The second-order valence-electron chi connectivity index (χ2n) is 4.04. The molecular weight excluding hydrogens is 246 g/mol. The largest absolute Gasteiger partial charge is 0.478 e. The standard InChI is InChI=1S/C13H17N3O3/c1-5-18-11-9(3)10(15-8-16-11)13(4,7-14)12(17)19-6-2/h8H,5-6H2,1-4H3. The van der Waals surface area contributed by atoms with Crippen LogP contribution in [0.4, 0.5) is 0 Å². The molecule has 0 saturated carbocycles. The molecule has 0 spiro atoms. The number of esters is 1. The molecule has 19 heavy (non-hydrogen) atoms. The molecule has 0 radical (unpaired) electrons. The molecule has 0 fully saturated rings. The molecular formula is C13H17N3O3. The van der Waals surface area contributed by atoms with Gasteiger partial charge in [0.25, 0.3) is 0 Å². The SMILES string of the molecule is CCOC(=O)C(C)(C#N)c1ncnc(OCC)c1C. The maximum Gasteiger partial charge on any atom is 0.332 e. The molecule has 0 aromatic carbocycles. The van der Waals surface area contributed by atoms with Crippen molar-refractivity contribution in [3.05, 3.63) is 17.6 Å². The first-order valence-electron chi connectivity index (χ1n) is 6.04. The zero-order valence-electron chi connectivity index (χ0n) is 11.6. The number of carbonyl (C=O) groups is 1. The minimum Gasteiger partial charge on any atom is -0.478 e. The van der Waals surface area contributed by atoms with Gasteiger partial charge in [0.15, 0.2) is 5.41 Å². The third-order valence-electron chi connectivity index (χ3n) is 2.70. The van der Waals surface area contributed by atoms with Crippen molar-refractivity contribution in [2.45, 2.75) is 33.1 Å². The second-order valence-corrected chi connectivity index (χ2v) is 4.04. The van der Waals surface area contributed by atoms with Crippen molar-refractivity contribution < 1.29 is 14.3 Å². The minimum atomic E-state index is -1.46. The quantitative estimate of drug-likeness (QED) is 0.749. The van der Waals surface area contributed by atoms with Gasteiger partial charge in [-0.3, -0.25) is 0 Å². The van der Waals surface area contributed by atoms with Crippen LogP contribution in [0.2, 0.25) is 0 Å². The fraction of sp³-hybridized carbons (Fsp3) is 0.538. The van der Waals surface area contributed by atoms with Gasteiger partial charge in [0.05, 0.1) is 25.0 Å². The van der Waals surface area contributed by atoms with E-state index in [1.807, 2.05) is 13.0 Å². The molecule has 1 heterocycles. The van der Waals surface area contributed by atoms with Crippen LogP contribution in [-0.4, -0.2) is 29.2 Å². The molecule has 0 amide bonds. The van der Waals surface area contributed by atoms with Crippen LogP contribution in [0.25, 0.3) is 0 Å². The molecule has 0 aliphatic rings. The van der Waals surface area contributed by atoms with Crippen molar-refractivity contribution in [1.82, 2.24) is 9.97 Å². The maximum absolute atomic E-state index is 12.0. The lowest BCUT2D eigenvalue weighted by molar-refractivity contribution is -0.147.